The summed E-state index contributed by atoms with van der Waals surface area (Å²) in [5.41, 5.74) is 2.66. The van der Waals surface area contributed by atoms with Gasteiger partial charge in [0, 0.05) is 11.4 Å². The molecule has 0 bridgehead atoms. The van der Waals surface area contributed by atoms with Crippen molar-refractivity contribution in [3.63, 3.8) is 0 Å². The number of anilines is 3. The minimum absolute atomic E-state index is 0.0230. The first-order valence-corrected chi connectivity index (χ1v) is 6.98. The monoisotopic (exact) mass is 289 g/mol. The topological polar surface area (TPSA) is 40.5 Å². The maximum absolute atomic E-state index is 11.1. The lowest BCUT2D eigenvalue weighted by Gasteiger charge is -2.26. The second-order valence-corrected chi connectivity index (χ2v) is 4.84. The van der Waals surface area contributed by atoms with Crippen molar-refractivity contribution in [3.05, 3.63) is 84.4 Å². The Morgan fingerprint density at radius 3 is 1.77 bits per heavy atom. The zero-order valence-electron chi connectivity index (χ0n) is 11.9. The van der Waals surface area contributed by atoms with Crippen LogP contribution in [0.25, 0.3) is 0 Å². The van der Waals surface area contributed by atoms with E-state index in [1.807, 2.05) is 65.6 Å². The molecule has 108 valence electrons. The van der Waals surface area contributed by atoms with Gasteiger partial charge in [-0.3, -0.25) is 4.79 Å². The maximum atomic E-state index is 11.1. The lowest BCUT2D eigenvalue weighted by Crippen LogP contribution is -2.10. The quantitative estimate of drug-likeness (QED) is 0.709. The molecule has 3 heteroatoms. The molecule has 0 spiro atoms. The van der Waals surface area contributed by atoms with E-state index in [-0.39, 0.29) is 11.3 Å². The molecule has 3 aromatic carbocycles. The number of hydrogen-bond acceptors (Lipinski definition) is 3. The van der Waals surface area contributed by atoms with E-state index < -0.39 is 0 Å². The molecule has 0 heterocycles. The van der Waals surface area contributed by atoms with Gasteiger partial charge in [0.1, 0.15) is 5.75 Å². The van der Waals surface area contributed by atoms with Gasteiger partial charge in [0.2, 0.25) is 0 Å². The van der Waals surface area contributed by atoms with Gasteiger partial charge in [-0.2, -0.15) is 0 Å². The van der Waals surface area contributed by atoms with Gasteiger partial charge in [-0.25, -0.2) is 0 Å². The molecule has 0 aliphatic carbocycles. The fraction of sp³-hybridized carbons (Fsp3) is 0. The van der Waals surface area contributed by atoms with Crippen LogP contribution in [0.15, 0.2) is 78.9 Å². The number of carbonyl (C=O) groups excluding carboxylic acids is 1. The average Bonchev–Trinajstić information content (AvgIpc) is 2.59. The van der Waals surface area contributed by atoms with Crippen molar-refractivity contribution in [2.75, 3.05) is 4.90 Å². The smallest absolute Gasteiger partial charge is 0.153 e. The second kappa shape index (κ2) is 6.14. The summed E-state index contributed by atoms with van der Waals surface area (Å²) in [7, 11) is 0. The standard InChI is InChI=1S/C19H15NO2/c21-14-15-8-7-13-18(19(15)22)20(16-9-3-1-4-10-16)17-11-5-2-6-12-17/h1-14,22H. The maximum Gasteiger partial charge on any atom is 0.153 e. The van der Waals surface area contributed by atoms with Crippen LogP contribution in [0.5, 0.6) is 5.75 Å². The highest BCUT2D eigenvalue weighted by Crippen LogP contribution is 2.40. The predicted octanol–water partition coefficient (Wildman–Crippen LogP) is 4.67. The molecule has 22 heavy (non-hydrogen) atoms. The Labute approximate surface area is 129 Å². The van der Waals surface area contributed by atoms with Crippen molar-refractivity contribution in [1.29, 1.82) is 0 Å². The molecule has 0 fully saturated rings. The van der Waals surface area contributed by atoms with Gasteiger partial charge in [-0.1, -0.05) is 42.5 Å². The van der Waals surface area contributed by atoms with Crippen LogP contribution in [0, 0.1) is 0 Å². The highest BCUT2D eigenvalue weighted by atomic mass is 16.3. The second-order valence-electron chi connectivity index (χ2n) is 4.84. The summed E-state index contributed by atoms with van der Waals surface area (Å²) < 4.78 is 0. The lowest BCUT2D eigenvalue weighted by atomic mass is 10.1. The Kier molecular flexibility index (Phi) is 3.88. The SMILES string of the molecule is O=Cc1cccc(N(c2ccccc2)c2ccccc2)c1O. The van der Waals surface area contributed by atoms with Crippen LogP contribution < -0.4 is 4.90 Å². The number of carbonyl (C=O) groups is 1. The summed E-state index contributed by atoms with van der Waals surface area (Å²) in [5.74, 6) is -0.0230. The number of para-hydroxylation sites is 3. The van der Waals surface area contributed by atoms with Crippen molar-refractivity contribution >= 4 is 23.3 Å². The van der Waals surface area contributed by atoms with Crippen molar-refractivity contribution < 1.29 is 9.90 Å². The molecular formula is C19H15NO2. The first-order chi connectivity index (χ1) is 10.8. The zero-order valence-corrected chi connectivity index (χ0v) is 11.9. The number of aromatic hydroxyl groups is 1. The summed E-state index contributed by atoms with van der Waals surface area (Å²) in [6.07, 6.45) is 0.660. The molecule has 0 amide bonds. The number of nitrogens with zero attached hydrogens (tertiary/aromatic N) is 1. The number of rotatable bonds is 4. The van der Waals surface area contributed by atoms with E-state index in [0.717, 1.165) is 11.4 Å². The van der Waals surface area contributed by atoms with Gasteiger partial charge in [-0.05, 0) is 36.4 Å². The first-order valence-electron chi connectivity index (χ1n) is 6.98. The number of phenolic OH excluding ortho intramolecular Hbond substituents is 1. The molecule has 0 unspecified atom stereocenters. The number of benzene rings is 3. The number of hydrogen-bond donors (Lipinski definition) is 1. The Morgan fingerprint density at radius 2 is 1.27 bits per heavy atom. The molecule has 0 aliphatic heterocycles. The Hall–Kier alpha value is -3.07. The lowest BCUT2D eigenvalue weighted by molar-refractivity contribution is 0.112. The molecule has 0 aromatic heterocycles. The van der Waals surface area contributed by atoms with Crippen molar-refractivity contribution in [2.24, 2.45) is 0 Å². The van der Waals surface area contributed by atoms with Crippen LogP contribution in [-0.4, -0.2) is 11.4 Å². The number of phenols is 1. The van der Waals surface area contributed by atoms with Gasteiger partial charge < -0.3 is 10.0 Å². The molecule has 0 aliphatic rings. The Balaban J connectivity index is 2.21. The third-order valence-corrected chi connectivity index (χ3v) is 3.44. The van der Waals surface area contributed by atoms with Crippen LogP contribution in [0.1, 0.15) is 10.4 Å². The van der Waals surface area contributed by atoms with E-state index in [1.54, 1.807) is 18.2 Å². The van der Waals surface area contributed by atoms with Crippen molar-refractivity contribution in [1.82, 2.24) is 0 Å². The van der Waals surface area contributed by atoms with Crippen LogP contribution in [0.3, 0.4) is 0 Å². The van der Waals surface area contributed by atoms with Crippen molar-refractivity contribution in [3.8, 4) is 5.75 Å². The van der Waals surface area contributed by atoms with E-state index in [4.69, 9.17) is 0 Å². The largest absolute Gasteiger partial charge is 0.505 e. The molecule has 0 saturated heterocycles. The summed E-state index contributed by atoms with van der Waals surface area (Å²) in [5, 5.41) is 10.4. The normalized spacial score (nSPS) is 10.2. The van der Waals surface area contributed by atoms with Gasteiger partial charge in [0.25, 0.3) is 0 Å². The molecule has 3 aromatic rings. The molecule has 3 nitrogen and oxygen atoms in total. The van der Waals surface area contributed by atoms with E-state index in [9.17, 15) is 9.90 Å². The molecule has 0 radical (unpaired) electrons. The van der Waals surface area contributed by atoms with E-state index in [2.05, 4.69) is 0 Å². The van der Waals surface area contributed by atoms with Crippen LogP contribution in [-0.2, 0) is 0 Å². The van der Waals surface area contributed by atoms with Crippen LogP contribution in [0.4, 0.5) is 17.1 Å². The van der Waals surface area contributed by atoms with Gasteiger partial charge in [0.05, 0.1) is 11.3 Å². The molecular weight excluding hydrogens is 274 g/mol. The third-order valence-electron chi connectivity index (χ3n) is 3.44. The van der Waals surface area contributed by atoms with E-state index in [1.165, 1.54) is 0 Å². The number of aldehydes is 1. The highest BCUT2D eigenvalue weighted by Gasteiger charge is 2.17. The minimum Gasteiger partial charge on any atom is -0.505 e. The van der Waals surface area contributed by atoms with E-state index in [0.29, 0.717) is 12.0 Å². The Morgan fingerprint density at radius 1 is 0.727 bits per heavy atom. The van der Waals surface area contributed by atoms with Gasteiger partial charge >= 0.3 is 0 Å². The third kappa shape index (κ3) is 2.56. The fourth-order valence-corrected chi connectivity index (χ4v) is 2.41. The average molecular weight is 289 g/mol. The predicted molar refractivity (Wildman–Crippen MR) is 88.2 cm³/mol. The molecule has 1 N–H and O–H groups in total. The summed E-state index contributed by atoms with van der Waals surface area (Å²) in [4.78, 5) is 13.0. The van der Waals surface area contributed by atoms with Crippen molar-refractivity contribution in [2.45, 2.75) is 0 Å². The Bertz CT molecular complexity index is 730. The fourth-order valence-electron chi connectivity index (χ4n) is 2.41. The summed E-state index contributed by atoms with van der Waals surface area (Å²) in [6, 6.07) is 24.6. The van der Waals surface area contributed by atoms with Crippen LogP contribution in [0.2, 0.25) is 0 Å². The minimum atomic E-state index is -0.0230. The van der Waals surface area contributed by atoms with Gasteiger partial charge in [-0.15, -0.1) is 0 Å². The molecule has 3 rings (SSSR count). The van der Waals surface area contributed by atoms with Gasteiger partial charge in [0.15, 0.2) is 6.29 Å². The molecule has 0 atom stereocenters. The zero-order chi connectivity index (χ0) is 15.4. The summed E-state index contributed by atoms with van der Waals surface area (Å²) in [6.45, 7) is 0. The first kappa shape index (κ1) is 13.9. The summed E-state index contributed by atoms with van der Waals surface area (Å²) >= 11 is 0. The highest BCUT2D eigenvalue weighted by molar-refractivity contribution is 5.88. The van der Waals surface area contributed by atoms with E-state index >= 15 is 0 Å². The molecule has 0 saturated carbocycles. The van der Waals surface area contributed by atoms with Crippen LogP contribution >= 0.6 is 0 Å².